The molecule has 0 bridgehead atoms. The number of hydrogen-bond donors (Lipinski definition) is 0. The van der Waals surface area contributed by atoms with Gasteiger partial charge < -0.3 is 4.42 Å². The maximum Gasteiger partial charge on any atom is 0.136 e. The molecular weight excluding hydrogens is 593 g/mol. The number of benzene rings is 10. The first-order chi connectivity index (χ1) is 24.3. The van der Waals surface area contributed by atoms with Crippen molar-refractivity contribution < 1.29 is 4.42 Å². The predicted octanol–water partition coefficient (Wildman–Crippen LogP) is 13.8. The number of furan rings is 1. The molecule has 1 heterocycles. The third kappa shape index (κ3) is 3.82. The van der Waals surface area contributed by atoms with Crippen LogP contribution in [0.25, 0.3) is 109 Å². The Bertz CT molecular complexity index is 3050. The van der Waals surface area contributed by atoms with Crippen LogP contribution < -0.4 is 0 Å². The van der Waals surface area contributed by atoms with Crippen LogP contribution >= 0.6 is 0 Å². The molecule has 1 heteroatoms. The average molecular weight is 621 g/mol. The van der Waals surface area contributed by atoms with Crippen LogP contribution in [0, 0.1) is 0 Å². The van der Waals surface area contributed by atoms with Crippen molar-refractivity contribution in [3.63, 3.8) is 0 Å². The Hall–Kier alpha value is -6.44. The summed E-state index contributed by atoms with van der Waals surface area (Å²) in [6.45, 7) is 0. The van der Waals surface area contributed by atoms with Crippen molar-refractivity contribution in [1.82, 2.24) is 0 Å². The first kappa shape index (κ1) is 26.6. The summed E-state index contributed by atoms with van der Waals surface area (Å²) >= 11 is 0. The number of hydrogen-bond acceptors (Lipinski definition) is 1. The van der Waals surface area contributed by atoms with Gasteiger partial charge in [0.05, 0.1) is 0 Å². The van der Waals surface area contributed by atoms with Gasteiger partial charge in [0.1, 0.15) is 11.2 Å². The van der Waals surface area contributed by atoms with Crippen LogP contribution in [0.5, 0.6) is 0 Å². The van der Waals surface area contributed by atoms with E-state index in [0.717, 1.165) is 11.2 Å². The summed E-state index contributed by atoms with van der Waals surface area (Å²) in [7, 11) is 0. The summed E-state index contributed by atoms with van der Waals surface area (Å²) in [6, 6.07) is 62.2. The third-order valence-electron chi connectivity index (χ3n) is 10.6. The fourth-order valence-electron chi connectivity index (χ4n) is 8.47. The van der Waals surface area contributed by atoms with Crippen LogP contribution in [-0.2, 0) is 0 Å². The fourth-order valence-corrected chi connectivity index (χ4v) is 8.47. The van der Waals surface area contributed by atoms with E-state index < -0.39 is 0 Å². The van der Waals surface area contributed by atoms with Crippen molar-refractivity contribution >= 4 is 75.8 Å². The summed E-state index contributed by atoms with van der Waals surface area (Å²) in [5.41, 5.74) is 9.31. The SMILES string of the molecule is c1cc(-c2c3ccccc3c(-c3ccc4c(ccc5ccccc54)c3)c3ccccc23)cc(-c2cc3cccc4oc5cccc2c5c34)c1. The van der Waals surface area contributed by atoms with Gasteiger partial charge in [-0.2, -0.15) is 0 Å². The van der Waals surface area contributed by atoms with Crippen LogP contribution in [0.4, 0.5) is 0 Å². The summed E-state index contributed by atoms with van der Waals surface area (Å²) < 4.78 is 6.28. The molecule has 0 N–H and O–H groups in total. The van der Waals surface area contributed by atoms with Crippen molar-refractivity contribution in [1.29, 1.82) is 0 Å². The van der Waals surface area contributed by atoms with Crippen molar-refractivity contribution in [2.45, 2.75) is 0 Å². The molecule has 0 fully saturated rings. The molecular formula is C48H28O. The molecule has 0 amide bonds. The Labute approximate surface area is 282 Å². The van der Waals surface area contributed by atoms with Crippen LogP contribution in [0.2, 0.25) is 0 Å². The monoisotopic (exact) mass is 620 g/mol. The summed E-state index contributed by atoms with van der Waals surface area (Å²) in [5.74, 6) is 0. The van der Waals surface area contributed by atoms with E-state index in [2.05, 4.69) is 170 Å². The second kappa shape index (κ2) is 10.0. The smallest absolute Gasteiger partial charge is 0.136 e. The lowest BCUT2D eigenvalue weighted by molar-refractivity contribution is 0.669. The molecule has 0 saturated carbocycles. The van der Waals surface area contributed by atoms with Gasteiger partial charge in [0.15, 0.2) is 0 Å². The molecule has 1 aromatic heterocycles. The highest BCUT2D eigenvalue weighted by atomic mass is 16.3. The van der Waals surface area contributed by atoms with Gasteiger partial charge in [-0.25, -0.2) is 0 Å². The minimum Gasteiger partial charge on any atom is -0.456 e. The van der Waals surface area contributed by atoms with E-state index in [-0.39, 0.29) is 0 Å². The van der Waals surface area contributed by atoms with Gasteiger partial charge in [0.2, 0.25) is 0 Å². The van der Waals surface area contributed by atoms with Gasteiger partial charge >= 0.3 is 0 Å². The largest absolute Gasteiger partial charge is 0.456 e. The van der Waals surface area contributed by atoms with Gasteiger partial charge in [-0.3, -0.25) is 0 Å². The highest BCUT2D eigenvalue weighted by Crippen LogP contribution is 2.46. The lowest BCUT2D eigenvalue weighted by Crippen LogP contribution is -1.91. The zero-order valence-electron chi connectivity index (χ0n) is 26.6. The van der Waals surface area contributed by atoms with Crippen LogP contribution in [0.3, 0.4) is 0 Å². The Morgan fingerprint density at radius 1 is 0.286 bits per heavy atom. The molecule has 0 aliphatic heterocycles. The first-order valence-electron chi connectivity index (χ1n) is 16.9. The summed E-state index contributed by atoms with van der Waals surface area (Å²) in [5, 5.41) is 15.0. The second-order valence-corrected chi connectivity index (χ2v) is 13.2. The highest BCUT2D eigenvalue weighted by molar-refractivity contribution is 6.26. The quantitative estimate of drug-likeness (QED) is 0.141. The predicted molar refractivity (Wildman–Crippen MR) is 209 cm³/mol. The van der Waals surface area contributed by atoms with Crippen LogP contribution in [-0.4, -0.2) is 0 Å². The van der Waals surface area contributed by atoms with E-state index in [9.17, 15) is 0 Å². The first-order valence-corrected chi connectivity index (χ1v) is 16.9. The molecule has 0 atom stereocenters. The maximum absolute atomic E-state index is 6.28. The second-order valence-electron chi connectivity index (χ2n) is 13.2. The van der Waals surface area contributed by atoms with Crippen molar-refractivity contribution in [3.8, 4) is 33.4 Å². The Kier molecular flexibility index (Phi) is 5.45. The van der Waals surface area contributed by atoms with Gasteiger partial charge in [-0.1, -0.05) is 140 Å². The highest BCUT2D eigenvalue weighted by Gasteiger charge is 2.19. The standard InChI is InChI=1S/C48H28O/c1-2-14-35-29(10-1)22-23-31-27-34(24-25-36(31)35)46-39-17-5-3-15-37(39)45(38-16-4-6-18-40(38)46)32-12-7-11-30(26-32)42-28-33-13-8-20-43-47(33)48-41(42)19-9-21-44(48)49-43/h1-28H. The molecule has 226 valence electrons. The minimum atomic E-state index is 0.941. The molecule has 0 aliphatic rings. The zero-order chi connectivity index (χ0) is 32.1. The Morgan fingerprint density at radius 2 is 0.816 bits per heavy atom. The molecule has 11 aromatic rings. The van der Waals surface area contributed by atoms with E-state index in [1.165, 1.54) is 98.0 Å². The maximum atomic E-state index is 6.28. The van der Waals surface area contributed by atoms with Gasteiger partial charge in [0.25, 0.3) is 0 Å². The topological polar surface area (TPSA) is 13.1 Å². The lowest BCUT2D eigenvalue weighted by atomic mass is 9.84. The van der Waals surface area contributed by atoms with Gasteiger partial charge in [0, 0.05) is 10.8 Å². The van der Waals surface area contributed by atoms with E-state index in [1.807, 2.05) is 0 Å². The molecule has 1 nitrogen and oxygen atoms in total. The Morgan fingerprint density at radius 3 is 1.57 bits per heavy atom. The zero-order valence-corrected chi connectivity index (χ0v) is 26.6. The van der Waals surface area contributed by atoms with Gasteiger partial charge in [-0.15, -0.1) is 0 Å². The lowest BCUT2D eigenvalue weighted by Gasteiger charge is -2.19. The molecule has 49 heavy (non-hydrogen) atoms. The number of rotatable bonds is 3. The molecule has 10 aromatic carbocycles. The van der Waals surface area contributed by atoms with Crippen molar-refractivity contribution in [2.24, 2.45) is 0 Å². The molecule has 0 radical (unpaired) electrons. The van der Waals surface area contributed by atoms with E-state index >= 15 is 0 Å². The molecule has 0 saturated heterocycles. The van der Waals surface area contributed by atoms with E-state index in [4.69, 9.17) is 4.42 Å². The normalized spacial score (nSPS) is 12.1. The van der Waals surface area contributed by atoms with E-state index in [0.29, 0.717) is 0 Å². The van der Waals surface area contributed by atoms with Crippen molar-refractivity contribution in [2.75, 3.05) is 0 Å². The molecule has 11 rings (SSSR count). The minimum absolute atomic E-state index is 0.941. The molecule has 0 spiro atoms. The number of fused-ring (bicyclic) bond motifs is 5. The molecule has 0 aliphatic carbocycles. The van der Waals surface area contributed by atoms with Crippen LogP contribution in [0.15, 0.2) is 174 Å². The van der Waals surface area contributed by atoms with Crippen LogP contribution in [0.1, 0.15) is 0 Å². The van der Waals surface area contributed by atoms with Crippen molar-refractivity contribution in [3.05, 3.63) is 170 Å². The van der Waals surface area contributed by atoms with E-state index in [1.54, 1.807) is 0 Å². The average Bonchev–Trinajstić information content (AvgIpc) is 3.56. The summed E-state index contributed by atoms with van der Waals surface area (Å²) in [6.07, 6.45) is 0. The Balaban J connectivity index is 1.16. The summed E-state index contributed by atoms with van der Waals surface area (Å²) in [4.78, 5) is 0. The third-order valence-corrected chi connectivity index (χ3v) is 10.6. The fraction of sp³-hybridized carbons (Fsp3) is 0. The molecule has 0 unspecified atom stereocenters. The van der Waals surface area contributed by atoms with Gasteiger partial charge in [-0.05, 0) is 118 Å².